The molecule has 0 aliphatic carbocycles. The second-order valence-electron chi connectivity index (χ2n) is 8.53. The molecule has 10 heteroatoms. The summed E-state index contributed by atoms with van der Waals surface area (Å²) in [6.45, 7) is 3.75. The van der Waals surface area contributed by atoms with E-state index in [4.69, 9.17) is 9.47 Å². The summed E-state index contributed by atoms with van der Waals surface area (Å²) in [7, 11) is 2.94. The van der Waals surface area contributed by atoms with Crippen LogP contribution in [0.5, 0.6) is 5.75 Å². The molecule has 1 aromatic carbocycles. The molecule has 0 spiro atoms. The summed E-state index contributed by atoms with van der Waals surface area (Å²) in [6.07, 6.45) is 2.38. The van der Waals surface area contributed by atoms with E-state index in [1.54, 1.807) is 14.0 Å². The molecule has 9 nitrogen and oxygen atoms in total. The second kappa shape index (κ2) is 11.0. The number of nitrogens with zero attached hydrogens (tertiary/aromatic N) is 3. The molecule has 2 amide bonds. The second-order valence-corrected chi connectivity index (χ2v) is 9.36. The van der Waals surface area contributed by atoms with Crippen LogP contribution in [0.4, 0.5) is 0 Å². The third-order valence-electron chi connectivity index (χ3n) is 6.26. The van der Waals surface area contributed by atoms with Gasteiger partial charge in [0.25, 0.3) is 0 Å². The van der Waals surface area contributed by atoms with Crippen LogP contribution in [0.3, 0.4) is 0 Å². The summed E-state index contributed by atoms with van der Waals surface area (Å²) >= 11 is 1.43. The van der Waals surface area contributed by atoms with Crippen molar-refractivity contribution in [3.63, 3.8) is 0 Å². The minimum Gasteiger partial charge on any atom is -0.497 e. The van der Waals surface area contributed by atoms with Gasteiger partial charge >= 0.3 is 5.97 Å². The third kappa shape index (κ3) is 5.37. The Kier molecular flexibility index (Phi) is 7.80. The van der Waals surface area contributed by atoms with Crippen LogP contribution in [0, 0.1) is 0 Å². The van der Waals surface area contributed by atoms with E-state index >= 15 is 0 Å². The molecule has 1 fully saturated rings. The molecular weight excluding hydrogens is 468 g/mol. The number of ether oxygens (including phenoxy) is 2. The lowest BCUT2D eigenvalue weighted by Crippen LogP contribution is -2.38. The number of allylic oxidation sites excluding steroid dienone is 1. The van der Waals surface area contributed by atoms with Crippen molar-refractivity contribution in [3.05, 3.63) is 52.2 Å². The zero-order chi connectivity index (χ0) is 24.9. The highest BCUT2D eigenvalue weighted by molar-refractivity contribution is 8.16. The Balaban J connectivity index is 1.49. The molecule has 0 unspecified atom stereocenters. The van der Waals surface area contributed by atoms with E-state index in [0.717, 1.165) is 24.2 Å². The van der Waals surface area contributed by atoms with Gasteiger partial charge in [-0.3, -0.25) is 9.59 Å². The number of nitrogens with one attached hydrogen (secondary N) is 1. The van der Waals surface area contributed by atoms with E-state index in [9.17, 15) is 14.4 Å². The van der Waals surface area contributed by atoms with E-state index in [2.05, 4.69) is 10.3 Å². The molecule has 3 heterocycles. The van der Waals surface area contributed by atoms with Crippen molar-refractivity contribution in [1.29, 1.82) is 0 Å². The molecule has 1 N–H and O–H groups in total. The molecule has 0 bridgehead atoms. The predicted molar refractivity (Wildman–Crippen MR) is 133 cm³/mol. The molecular formula is C25H30N4O5S. The van der Waals surface area contributed by atoms with Gasteiger partial charge in [-0.25, -0.2) is 9.79 Å². The van der Waals surface area contributed by atoms with Crippen molar-refractivity contribution in [2.45, 2.75) is 38.6 Å². The van der Waals surface area contributed by atoms with Gasteiger partial charge in [-0.2, -0.15) is 0 Å². The summed E-state index contributed by atoms with van der Waals surface area (Å²) in [4.78, 5) is 45.7. The van der Waals surface area contributed by atoms with Gasteiger partial charge in [0, 0.05) is 31.8 Å². The largest absolute Gasteiger partial charge is 0.497 e. The molecule has 35 heavy (non-hydrogen) atoms. The number of methoxy groups -OCH3 is 2. The molecule has 1 saturated heterocycles. The van der Waals surface area contributed by atoms with Gasteiger partial charge in [0.15, 0.2) is 5.17 Å². The molecule has 4 rings (SSSR count). The quantitative estimate of drug-likeness (QED) is 0.413. The number of hydrogen-bond acceptors (Lipinski definition) is 8. The van der Waals surface area contributed by atoms with Crippen LogP contribution in [-0.4, -0.2) is 66.6 Å². The van der Waals surface area contributed by atoms with E-state index in [0.29, 0.717) is 48.1 Å². The first kappa shape index (κ1) is 24.8. The SMILES string of the molecule is COC(=O)C1=C(C)N=C2SC=C(CC(=O)NCCCN3CCCC3=O)N2[C@H]1c1cccc(OC)c1. The summed E-state index contributed by atoms with van der Waals surface area (Å²) in [5, 5.41) is 5.56. The van der Waals surface area contributed by atoms with Gasteiger partial charge in [-0.05, 0) is 42.9 Å². The lowest BCUT2D eigenvalue weighted by molar-refractivity contribution is -0.136. The van der Waals surface area contributed by atoms with Crippen molar-refractivity contribution in [1.82, 2.24) is 15.1 Å². The fourth-order valence-electron chi connectivity index (χ4n) is 4.53. The Morgan fingerprint density at radius 3 is 2.83 bits per heavy atom. The van der Waals surface area contributed by atoms with Crippen LogP contribution in [0.2, 0.25) is 0 Å². The highest BCUT2D eigenvalue weighted by Gasteiger charge is 2.41. The van der Waals surface area contributed by atoms with Gasteiger partial charge in [0.05, 0.1) is 38.0 Å². The standard InChI is InChI=1S/C25H30N4O5S/c1-16-22(24(32)34-3)23(17-7-4-8-19(13-17)33-2)29-18(15-35-25(29)27-16)14-20(30)26-10-6-12-28-11-5-9-21(28)31/h4,7-8,13,15,23H,5-6,9-12,14H2,1-3H3,(H,26,30)/t23-/m0/s1. The highest BCUT2D eigenvalue weighted by Crippen LogP contribution is 2.45. The van der Waals surface area contributed by atoms with Crippen LogP contribution in [0.25, 0.3) is 0 Å². The Hall–Kier alpha value is -3.27. The van der Waals surface area contributed by atoms with Crippen LogP contribution >= 0.6 is 11.8 Å². The first-order chi connectivity index (χ1) is 16.9. The molecule has 186 valence electrons. The number of rotatable bonds is 9. The summed E-state index contributed by atoms with van der Waals surface area (Å²) in [6, 6.07) is 7.01. The fraction of sp³-hybridized carbons (Fsp3) is 0.440. The summed E-state index contributed by atoms with van der Waals surface area (Å²) in [5.41, 5.74) is 2.59. The Morgan fingerprint density at radius 1 is 1.29 bits per heavy atom. The fourth-order valence-corrected chi connectivity index (χ4v) is 5.50. The Labute approximate surface area is 209 Å². The van der Waals surface area contributed by atoms with Crippen LogP contribution < -0.4 is 10.1 Å². The number of fused-ring (bicyclic) bond motifs is 1. The monoisotopic (exact) mass is 498 g/mol. The van der Waals surface area contributed by atoms with Crippen molar-refractivity contribution in [2.24, 2.45) is 4.99 Å². The van der Waals surface area contributed by atoms with Gasteiger partial charge in [0.1, 0.15) is 5.75 Å². The number of aliphatic imine (C=N–C) groups is 1. The van der Waals surface area contributed by atoms with E-state index in [1.165, 1.54) is 18.9 Å². The van der Waals surface area contributed by atoms with Gasteiger partial charge < -0.3 is 24.6 Å². The van der Waals surface area contributed by atoms with Crippen molar-refractivity contribution in [2.75, 3.05) is 33.9 Å². The van der Waals surface area contributed by atoms with Gasteiger partial charge in [-0.1, -0.05) is 23.9 Å². The van der Waals surface area contributed by atoms with Crippen LogP contribution in [0.15, 0.2) is 51.6 Å². The lowest BCUT2D eigenvalue weighted by atomic mass is 9.93. The maximum absolute atomic E-state index is 12.8. The zero-order valence-electron chi connectivity index (χ0n) is 20.2. The third-order valence-corrected chi connectivity index (χ3v) is 7.14. The number of hydrogen-bond donors (Lipinski definition) is 1. The molecule has 0 saturated carbocycles. The Morgan fingerprint density at radius 2 is 2.11 bits per heavy atom. The normalized spacial score (nSPS) is 19.4. The maximum Gasteiger partial charge on any atom is 0.338 e. The molecule has 3 aliphatic heterocycles. The number of benzene rings is 1. The smallest absolute Gasteiger partial charge is 0.338 e. The lowest BCUT2D eigenvalue weighted by Gasteiger charge is -2.36. The van der Waals surface area contributed by atoms with E-state index in [1.807, 2.05) is 39.5 Å². The maximum atomic E-state index is 12.8. The van der Waals surface area contributed by atoms with E-state index in [-0.39, 0.29) is 18.2 Å². The highest BCUT2D eigenvalue weighted by atomic mass is 32.2. The first-order valence-electron chi connectivity index (χ1n) is 11.6. The number of likely N-dealkylation sites (tertiary alicyclic amines) is 1. The number of esters is 1. The minimum atomic E-state index is -0.500. The average Bonchev–Trinajstić information content (AvgIpc) is 3.45. The van der Waals surface area contributed by atoms with E-state index < -0.39 is 12.0 Å². The molecule has 1 aromatic rings. The minimum absolute atomic E-state index is 0.124. The number of amidine groups is 1. The van der Waals surface area contributed by atoms with Crippen LogP contribution in [0.1, 0.15) is 44.2 Å². The number of carbonyl (C=O) groups is 3. The van der Waals surface area contributed by atoms with Crippen molar-refractivity contribution < 1.29 is 23.9 Å². The first-order valence-corrected chi connectivity index (χ1v) is 12.5. The van der Waals surface area contributed by atoms with Crippen molar-refractivity contribution in [3.8, 4) is 5.75 Å². The summed E-state index contributed by atoms with van der Waals surface area (Å²) in [5.74, 6) is 0.270. The zero-order valence-corrected chi connectivity index (χ0v) is 21.0. The molecule has 1 atom stereocenters. The topological polar surface area (TPSA) is 101 Å². The Bertz CT molecular complexity index is 1110. The molecule has 3 aliphatic rings. The number of thioether (sulfide) groups is 1. The average molecular weight is 499 g/mol. The van der Waals surface area contributed by atoms with Crippen molar-refractivity contribution >= 4 is 34.7 Å². The summed E-state index contributed by atoms with van der Waals surface area (Å²) < 4.78 is 10.5. The van der Waals surface area contributed by atoms with Gasteiger partial charge in [-0.15, -0.1) is 0 Å². The molecule has 0 aromatic heterocycles. The molecule has 0 radical (unpaired) electrons. The van der Waals surface area contributed by atoms with Crippen LogP contribution in [-0.2, 0) is 19.1 Å². The number of amides is 2. The number of carbonyl (C=O) groups excluding carboxylic acids is 3. The predicted octanol–water partition coefficient (Wildman–Crippen LogP) is 2.96. The van der Waals surface area contributed by atoms with Gasteiger partial charge in [0.2, 0.25) is 11.8 Å².